The van der Waals surface area contributed by atoms with Crippen molar-refractivity contribution in [2.75, 3.05) is 17.3 Å². The second-order valence-corrected chi connectivity index (χ2v) is 7.40. The Kier molecular flexibility index (Phi) is 6.28. The summed E-state index contributed by atoms with van der Waals surface area (Å²) in [4.78, 5) is 0. The predicted octanol–water partition coefficient (Wildman–Crippen LogP) is 2.55. The molecule has 78 valence electrons. The number of rotatable bonds is 4. The Morgan fingerprint density at radius 2 is 1.62 bits per heavy atom. The summed E-state index contributed by atoms with van der Waals surface area (Å²) in [6.45, 7) is 8.77. The molecule has 0 saturated carbocycles. The molecule has 0 aliphatic heterocycles. The van der Waals surface area contributed by atoms with Crippen molar-refractivity contribution in [3.63, 3.8) is 0 Å². The van der Waals surface area contributed by atoms with Crippen LogP contribution in [-0.4, -0.2) is 23.3 Å². The summed E-state index contributed by atoms with van der Waals surface area (Å²) in [7, 11) is -0.623. The minimum Gasteiger partial charge on any atom is -0.327 e. The van der Waals surface area contributed by atoms with Gasteiger partial charge in [-0.05, 0) is 24.2 Å². The van der Waals surface area contributed by atoms with Crippen molar-refractivity contribution in [2.24, 2.45) is 5.73 Å². The van der Waals surface area contributed by atoms with Crippen LogP contribution in [0.1, 0.15) is 34.1 Å². The molecule has 0 aromatic heterocycles. The number of hydrogen-bond donors (Lipinski definition) is 1. The topological polar surface area (TPSA) is 26.0 Å². The summed E-state index contributed by atoms with van der Waals surface area (Å²) < 4.78 is 0. The predicted molar refractivity (Wildman–Crippen MR) is 65.3 cm³/mol. The summed E-state index contributed by atoms with van der Waals surface area (Å²) >= 11 is 0. The smallest absolute Gasteiger partial charge is 0.0246 e. The molecule has 0 rings (SSSR count). The van der Waals surface area contributed by atoms with Gasteiger partial charge in [-0.25, -0.2) is 0 Å². The van der Waals surface area contributed by atoms with Crippen molar-refractivity contribution in [1.29, 1.82) is 0 Å². The van der Waals surface area contributed by atoms with E-state index in [9.17, 15) is 0 Å². The van der Waals surface area contributed by atoms with E-state index in [0.717, 1.165) is 6.42 Å². The average molecular weight is 201 g/mol. The lowest BCUT2D eigenvalue weighted by Gasteiger charge is -2.30. The molecule has 0 radical (unpaired) electrons. The van der Waals surface area contributed by atoms with E-state index in [2.05, 4.69) is 31.9 Å². The van der Waals surface area contributed by atoms with Gasteiger partial charge in [0, 0.05) is 12.5 Å². The molecule has 2 heteroatoms. The van der Waals surface area contributed by atoms with E-state index in [1.807, 2.05) is 6.92 Å². The van der Waals surface area contributed by atoms with Gasteiger partial charge >= 0.3 is 0 Å². The van der Waals surface area contributed by atoms with Crippen molar-refractivity contribution in [3.8, 4) is 11.2 Å². The van der Waals surface area contributed by atoms with E-state index in [4.69, 9.17) is 5.73 Å². The number of hydrogen-bond acceptors (Lipinski definition) is 1. The molecule has 0 heterocycles. The molecule has 1 atom stereocenters. The van der Waals surface area contributed by atoms with E-state index in [1.165, 1.54) is 17.3 Å². The van der Waals surface area contributed by atoms with E-state index in [1.54, 1.807) is 0 Å². The van der Waals surface area contributed by atoms with Crippen LogP contribution in [0.3, 0.4) is 0 Å². The molecular formula is C11H23NS. The minimum atomic E-state index is -0.623. The summed E-state index contributed by atoms with van der Waals surface area (Å²) in [5.74, 6) is 6.92. The van der Waals surface area contributed by atoms with Gasteiger partial charge in [-0.2, -0.15) is 10.0 Å². The maximum Gasteiger partial charge on any atom is 0.0246 e. The summed E-state index contributed by atoms with van der Waals surface area (Å²) in [5, 5.41) is 3.47. The van der Waals surface area contributed by atoms with Gasteiger partial charge in [-0.15, -0.1) is 0 Å². The van der Waals surface area contributed by atoms with Crippen molar-refractivity contribution in [3.05, 3.63) is 0 Å². The number of nitrogens with two attached hydrogens (primary N) is 1. The average Bonchev–Trinajstić information content (AvgIpc) is 2.13. The van der Waals surface area contributed by atoms with Crippen LogP contribution in [0.4, 0.5) is 0 Å². The molecule has 0 aliphatic rings. The largest absolute Gasteiger partial charge is 0.327 e. The first kappa shape index (κ1) is 12.9. The fraction of sp³-hybridized carbons (Fsp3) is 0.818. The van der Waals surface area contributed by atoms with Gasteiger partial charge in [-0.1, -0.05) is 31.9 Å². The first-order valence-corrected chi connectivity index (χ1v) is 7.25. The zero-order valence-corrected chi connectivity index (χ0v) is 10.2. The van der Waals surface area contributed by atoms with Gasteiger partial charge in [-0.3, -0.25) is 0 Å². The molecular weight excluding hydrogens is 178 g/mol. The van der Waals surface area contributed by atoms with Crippen LogP contribution in [0.25, 0.3) is 0 Å². The molecule has 13 heavy (non-hydrogen) atoms. The summed E-state index contributed by atoms with van der Waals surface area (Å²) in [6, 6.07) is 0.218. The Labute approximate surface area is 84.8 Å². The molecule has 0 unspecified atom stereocenters. The fourth-order valence-electron chi connectivity index (χ4n) is 1.18. The van der Waals surface area contributed by atoms with Gasteiger partial charge in [0.25, 0.3) is 0 Å². The molecule has 0 bridgehead atoms. The highest BCUT2D eigenvalue weighted by Crippen LogP contribution is 2.45. The van der Waals surface area contributed by atoms with E-state index in [-0.39, 0.29) is 6.04 Å². The zero-order valence-electron chi connectivity index (χ0n) is 9.39. The summed E-state index contributed by atoms with van der Waals surface area (Å²) in [5.41, 5.74) is 5.65. The highest BCUT2D eigenvalue weighted by Gasteiger charge is 2.13. The van der Waals surface area contributed by atoms with Crippen molar-refractivity contribution >= 4 is 10.0 Å². The first-order valence-electron chi connectivity index (χ1n) is 5.11. The second kappa shape index (κ2) is 6.34. The maximum absolute atomic E-state index is 5.65. The monoisotopic (exact) mass is 201 g/mol. The molecule has 0 fully saturated rings. The Morgan fingerprint density at radius 3 is 1.92 bits per heavy atom. The van der Waals surface area contributed by atoms with Gasteiger partial charge in [0.05, 0.1) is 0 Å². The molecule has 0 spiro atoms. The minimum absolute atomic E-state index is 0.218. The lowest BCUT2D eigenvalue weighted by atomic mass is 10.3. The van der Waals surface area contributed by atoms with Gasteiger partial charge in [0.1, 0.15) is 0 Å². The maximum atomic E-state index is 5.65. The first-order chi connectivity index (χ1) is 6.10. The van der Waals surface area contributed by atoms with Crippen LogP contribution >= 0.6 is 10.0 Å². The van der Waals surface area contributed by atoms with Crippen LogP contribution in [-0.2, 0) is 0 Å². The third-order valence-electron chi connectivity index (χ3n) is 2.37. The molecule has 0 aliphatic carbocycles. The lowest BCUT2D eigenvalue weighted by molar-refractivity contribution is 0.771. The van der Waals surface area contributed by atoms with Gasteiger partial charge in [0.2, 0.25) is 0 Å². The second-order valence-electron chi connectivity index (χ2n) is 3.37. The SMILES string of the molecule is CCS(C#CC[C@@H](C)N)(CC)CC. The Bertz CT molecular complexity index is 176. The van der Waals surface area contributed by atoms with Crippen LogP contribution in [0, 0.1) is 11.2 Å². The Balaban J connectivity index is 4.28. The molecule has 0 amide bonds. The normalized spacial score (nSPS) is 14.5. The molecule has 2 N–H and O–H groups in total. The third kappa shape index (κ3) is 4.59. The van der Waals surface area contributed by atoms with Crippen LogP contribution in [0.15, 0.2) is 0 Å². The molecule has 0 saturated heterocycles. The van der Waals surface area contributed by atoms with Crippen LogP contribution in [0.2, 0.25) is 0 Å². The highest BCUT2D eigenvalue weighted by atomic mass is 32.3. The fourth-order valence-corrected chi connectivity index (χ4v) is 3.23. The third-order valence-corrected chi connectivity index (χ3v) is 6.26. The van der Waals surface area contributed by atoms with Crippen LogP contribution < -0.4 is 5.73 Å². The standard InChI is InChI=1S/C11H23NS/c1-5-13(6-2,7-3)10-8-9-11(4)12/h11H,5-7,9,12H2,1-4H3/t11-/m1/s1. The van der Waals surface area contributed by atoms with E-state index < -0.39 is 10.0 Å². The van der Waals surface area contributed by atoms with Gasteiger partial charge in [0.15, 0.2) is 0 Å². The van der Waals surface area contributed by atoms with Crippen molar-refractivity contribution < 1.29 is 0 Å². The Morgan fingerprint density at radius 1 is 1.15 bits per heavy atom. The zero-order chi connectivity index (χ0) is 10.3. The lowest BCUT2D eigenvalue weighted by Crippen LogP contribution is -2.13. The van der Waals surface area contributed by atoms with Gasteiger partial charge < -0.3 is 5.73 Å². The Hall–Kier alpha value is -0.130. The summed E-state index contributed by atoms with van der Waals surface area (Å²) in [6.07, 6.45) is 0.842. The molecule has 0 aromatic carbocycles. The van der Waals surface area contributed by atoms with E-state index >= 15 is 0 Å². The van der Waals surface area contributed by atoms with Crippen molar-refractivity contribution in [1.82, 2.24) is 0 Å². The van der Waals surface area contributed by atoms with Crippen molar-refractivity contribution in [2.45, 2.75) is 40.2 Å². The molecule has 1 nitrogen and oxygen atoms in total. The molecule has 0 aromatic rings. The quantitative estimate of drug-likeness (QED) is 0.695. The van der Waals surface area contributed by atoms with E-state index in [0.29, 0.717) is 0 Å². The highest BCUT2D eigenvalue weighted by molar-refractivity contribution is 8.37. The van der Waals surface area contributed by atoms with Crippen LogP contribution in [0.5, 0.6) is 0 Å².